The van der Waals surface area contributed by atoms with Gasteiger partial charge in [0.1, 0.15) is 5.78 Å². The number of carbonyl (C=O) groups excluding carboxylic acids is 1. The maximum atomic E-state index is 11.1. The summed E-state index contributed by atoms with van der Waals surface area (Å²) in [7, 11) is 0. The first-order chi connectivity index (χ1) is 5.72. The zero-order valence-corrected chi connectivity index (χ0v) is 8.69. The lowest BCUT2D eigenvalue weighted by Gasteiger charge is -2.24. The number of ketones is 1. The van der Waals surface area contributed by atoms with Crippen LogP contribution in [0.5, 0.6) is 0 Å². The van der Waals surface area contributed by atoms with Crippen molar-refractivity contribution in [2.24, 2.45) is 0 Å². The van der Waals surface area contributed by atoms with E-state index in [0.29, 0.717) is 5.78 Å². The van der Waals surface area contributed by atoms with Gasteiger partial charge in [-0.2, -0.15) is 11.8 Å². The van der Waals surface area contributed by atoms with E-state index in [2.05, 4.69) is 4.90 Å². The van der Waals surface area contributed by atoms with E-state index < -0.39 is 0 Å². The predicted octanol–water partition coefficient (Wildman–Crippen LogP) is 1.40. The standard InChI is InChI=1S/C9H17NOS/c1-8(9(2)11)10-4-3-6-12-7-5-10/h8H,3-7H2,1-2H3. The highest BCUT2D eigenvalue weighted by Gasteiger charge is 2.18. The van der Waals surface area contributed by atoms with Gasteiger partial charge >= 0.3 is 0 Å². The van der Waals surface area contributed by atoms with Crippen molar-refractivity contribution >= 4 is 17.5 Å². The average molecular weight is 187 g/mol. The Kier molecular flexibility index (Phi) is 4.09. The Morgan fingerprint density at radius 3 is 2.83 bits per heavy atom. The Bertz CT molecular complexity index is 153. The zero-order chi connectivity index (χ0) is 8.97. The lowest BCUT2D eigenvalue weighted by molar-refractivity contribution is -0.121. The summed E-state index contributed by atoms with van der Waals surface area (Å²) in [5, 5.41) is 0. The Balaban J connectivity index is 2.42. The van der Waals surface area contributed by atoms with Crippen molar-refractivity contribution in [1.82, 2.24) is 4.90 Å². The molecule has 0 aromatic carbocycles. The summed E-state index contributed by atoms with van der Waals surface area (Å²) in [5.74, 6) is 2.72. The molecular weight excluding hydrogens is 170 g/mol. The SMILES string of the molecule is CC(=O)C(C)N1CCCSCC1. The first-order valence-corrected chi connectivity index (χ1v) is 5.69. The number of hydrogen-bond donors (Lipinski definition) is 0. The van der Waals surface area contributed by atoms with Crippen molar-refractivity contribution < 1.29 is 4.79 Å². The molecule has 1 rings (SSSR count). The van der Waals surface area contributed by atoms with Crippen LogP contribution in [0, 0.1) is 0 Å². The first-order valence-electron chi connectivity index (χ1n) is 4.54. The second-order valence-electron chi connectivity index (χ2n) is 3.29. The van der Waals surface area contributed by atoms with Crippen LogP contribution in [-0.2, 0) is 4.79 Å². The summed E-state index contributed by atoms with van der Waals surface area (Å²) < 4.78 is 0. The van der Waals surface area contributed by atoms with Gasteiger partial charge in [-0.1, -0.05) is 0 Å². The van der Waals surface area contributed by atoms with Crippen molar-refractivity contribution in [2.75, 3.05) is 24.6 Å². The van der Waals surface area contributed by atoms with Crippen molar-refractivity contribution in [3.8, 4) is 0 Å². The molecule has 70 valence electrons. The summed E-state index contributed by atoms with van der Waals surface area (Å²) in [6.07, 6.45) is 1.22. The number of rotatable bonds is 2. The molecule has 1 aliphatic heterocycles. The van der Waals surface area contributed by atoms with E-state index in [1.807, 2.05) is 18.7 Å². The largest absolute Gasteiger partial charge is 0.298 e. The van der Waals surface area contributed by atoms with Crippen LogP contribution in [0.15, 0.2) is 0 Å². The summed E-state index contributed by atoms with van der Waals surface area (Å²) in [6.45, 7) is 5.86. The third kappa shape index (κ3) is 2.79. The molecule has 1 atom stereocenters. The van der Waals surface area contributed by atoms with Crippen LogP contribution in [0.4, 0.5) is 0 Å². The Morgan fingerprint density at radius 1 is 1.42 bits per heavy atom. The number of Topliss-reactive ketones (excluding diaryl/α,β-unsaturated/α-hetero) is 1. The number of carbonyl (C=O) groups is 1. The Hall–Kier alpha value is -0.0200. The van der Waals surface area contributed by atoms with Crippen LogP contribution in [0.1, 0.15) is 20.3 Å². The van der Waals surface area contributed by atoms with E-state index in [0.717, 1.165) is 13.1 Å². The molecule has 3 heteroatoms. The van der Waals surface area contributed by atoms with Gasteiger partial charge < -0.3 is 0 Å². The molecule has 1 heterocycles. The maximum absolute atomic E-state index is 11.1. The smallest absolute Gasteiger partial charge is 0.146 e. The third-order valence-electron chi connectivity index (χ3n) is 2.39. The van der Waals surface area contributed by atoms with E-state index in [4.69, 9.17) is 0 Å². The molecule has 2 nitrogen and oxygen atoms in total. The monoisotopic (exact) mass is 187 g/mol. The topological polar surface area (TPSA) is 20.3 Å². The summed E-state index contributed by atoms with van der Waals surface area (Å²) in [4.78, 5) is 13.4. The molecule has 0 aromatic rings. The summed E-state index contributed by atoms with van der Waals surface area (Å²) in [5.41, 5.74) is 0. The van der Waals surface area contributed by atoms with Crippen LogP contribution in [0.25, 0.3) is 0 Å². The van der Waals surface area contributed by atoms with Crippen molar-refractivity contribution in [1.29, 1.82) is 0 Å². The summed E-state index contributed by atoms with van der Waals surface area (Å²) >= 11 is 2.00. The van der Waals surface area contributed by atoms with E-state index in [9.17, 15) is 4.79 Å². The molecule has 0 spiro atoms. The van der Waals surface area contributed by atoms with Crippen molar-refractivity contribution in [3.05, 3.63) is 0 Å². The second-order valence-corrected chi connectivity index (χ2v) is 4.51. The fourth-order valence-electron chi connectivity index (χ4n) is 1.41. The minimum atomic E-state index is 0.128. The van der Waals surface area contributed by atoms with Gasteiger partial charge in [-0.25, -0.2) is 0 Å². The van der Waals surface area contributed by atoms with Crippen LogP contribution in [0.3, 0.4) is 0 Å². The molecule has 0 radical (unpaired) electrons. The molecule has 0 N–H and O–H groups in total. The quantitative estimate of drug-likeness (QED) is 0.652. The molecule has 1 aliphatic rings. The minimum absolute atomic E-state index is 0.128. The second kappa shape index (κ2) is 4.87. The average Bonchev–Trinajstić information content (AvgIpc) is 2.30. The van der Waals surface area contributed by atoms with Gasteiger partial charge in [0.15, 0.2) is 0 Å². The minimum Gasteiger partial charge on any atom is -0.298 e. The van der Waals surface area contributed by atoms with Gasteiger partial charge in [0.05, 0.1) is 6.04 Å². The normalized spacial score (nSPS) is 23.2. The van der Waals surface area contributed by atoms with Crippen molar-refractivity contribution in [3.63, 3.8) is 0 Å². The zero-order valence-electron chi connectivity index (χ0n) is 7.88. The fourth-order valence-corrected chi connectivity index (χ4v) is 2.31. The molecule has 1 unspecified atom stereocenters. The van der Waals surface area contributed by atoms with E-state index in [-0.39, 0.29) is 6.04 Å². The lowest BCUT2D eigenvalue weighted by Crippen LogP contribution is -2.39. The van der Waals surface area contributed by atoms with E-state index in [1.54, 1.807) is 6.92 Å². The highest BCUT2D eigenvalue weighted by molar-refractivity contribution is 7.99. The van der Waals surface area contributed by atoms with Gasteiger partial charge in [-0.05, 0) is 32.6 Å². The highest BCUT2D eigenvalue weighted by atomic mass is 32.2. The van der Waals surface area contributed by atoms with Gasteiger partial charge in [-0.3, -0.25) is 9.69 Å². The Morgan fingerprint density at radius 2 is 2.17 bits per heavy atom. The number of thioether (sulfide) groups is 1. The predicted molar refractivity (Wildman–Crippen MR) is 53.7 cm³/mol. The van der Waals surface area contributed by atoms with Gasteiger partial charge in [0.2, 0.25) is 0 Å². The molecular formula is C9H17NOS. The number of nitrogens with zero attached hydrogens (tertiary/aromatic N) is 1. The Labute approximate surface area is 78.7 Å². The summed E-state index contributed by atoms with van der Waals surface area (Å²) in [6, 6.07) is 0.128. The molecule has 0 amide bonds. The lowest BCUT2D eigenvalue weighted by atomic mass is 10.2. The van der Waals surface area contributed by atoms with Gasteiger partial charge in [-0.15, -0.1) is 0 Å². The molecule has 0 bridgehead atoms. The molecule has 0 aromatic heterocycles. The van der Waals surface area contributed by atoms with E-state index in [1.165, 1.54) is 17.9 Å². The maximum Gasteiger partial charge on any atom is 0.146 e. The molecule has 1 fully saturated rings. The highest BCUT2D eigenvalue weighted by Crippen LogP contribution is 2.12. The van der Waals surface area contributed by atoms with Crippen molar-refractivity contribution in [2.45, 2.75) is 26.3 Å². The van der Waals surface area contributed by atoms with Gasteiger partial charge in [0, 0.05) is 12.3 Å². The fraction of sp³-hybridized carbons (Fsp3) is 0.889. The van der Waals surface area contributed by atoms with Crippen LogP contribution < -0.4 is 0 Å². The van der Waals surface area contributed by atoms with Crippen LogP contribution in [0.2, 0.25) is 0 Å². The molecule has 0 aliphatic carbocycles. The van der Waals surface area contributed by atoms with Crippen LogP contribution in [-0.4, -0.2) is 41.3 Å². The van der Waals surface area contributed by atoms with E-state index >= 15 is 0 Å². The molecule has 1 saturated heterocycles. The molecule has 12 heavy (non-hydrogen) atoms. The third-order valence-corrected chi connectivity index (χ3v) is 3.44. The van der Waals surface area contributed by atoms with Crippen LogP contribution >= 0.6 is 11.8 Å². The molecule has 0 saturated carbocycles. The van der Waals surface area contributed by atoms with Gasteiger partial charge in [0.25, 0.3) is 0 Å². The number of hydrogen-bond acceptors (Lipinski definition) is 3. The first kappa shape index (κ1) is 10.1.